The Kier molecular flexibility index (Phi) is 5.14. The van der Waals surface area contributed by atoms with Crippen LogP contribution in [0, 0.1) is 0 Å². The number of benzene rings is 4. The summed E-state index contributed by atoms with van der Waals surface area (Å²) in [6.45, 7) is 0.177. The van der Waals surface area contributed by atoms with Crippen molar-refractivity contribution in [1.82, 2.24) is 0 Å². The van der Waals surface area contributed by atoms with Gasteiger partial charge >= 0.3 is 0 Å². The van der Waals surface area contributed by atoms with Crippen molar-refractivity contribution < 1.29 is 17.5 Å². The zero-order valence-electron chi connectivity index (χ0n) is 18.3. The Morgan fingerprint density at radius 1 is 0.941 bits per heavy atom. The molecule has 5 nitrogen and oxygen atoms in total. The average Bonchev–Trinajstić information content (AvgIpc) is 3.34. The minimum Gasteiger partial charge on any atom is -0.333 e. The quantitative estimate of drug-likeness (QED) is 0.246. The third-order valence-electron chi connectivity index (χ3n) is 6.18. The summed E-state index contributed by atoms with van der Waals surface area (Å²) < 4.78 is 36.1. The van der Waals surface area contributed by atoms with Crippen LogP contribution in [0.5, 0.6) is 0 Å². The van der Waals surface area contributed by atoms with Gasteiger partial charge in [0.05, 0.1) is 27.9 Å². The number of aryl methyl sites for hydroxylation is 1. The first-order valence-corrected chi connectivity index (χ1v) is 14.1. The summed E-state index contributed by atoms with van der Waals surface area (Å²) >= 11 is 3.34. The van der Waals surface area contributed by atoms with E-state index in [1.54, 1.807) is 23.1 Å². The third-order valence-corrected chi connectivity index (χ3v) is 9.12. The average molecular weight is 506 g/mol. The van der Waals surface area contributed by atoms with Gasteiger partial charge in [-0.15, -0.1) is 0 Å². The van der Waals surface area contributed by atoms with Gasteiger partial charge < -0.3 is 4.90 Å². The number of hydrogen-bond donors (Lipinski definition) is 1. The number of hydrogen-bond acceptors (Lipinski definition) is 5. The van der Waals surface area contributed by atoms with Gasteiger partial charge in [0.15, 0.2) is 0 Å². The summed E-state index contributed by atoms with van der Waals surface area (Å²) in [6.07, 6.45) is 2.13. The fourth-order valence-corrected chi connectivity index (χ4v) is 7.33. The number of fused-ring (bicyclic) bond motifs is 6. The van der Waals surface area contributed by atoms with Crippen LogP contribution >= 0.6 is 23.1 Å². The first-order chi connectivity index (χ1) is 16.4. The molecule has 1 aromatic heterocycles. The second-order valence-electron chi connectivity index (χ2n) is 8.29. The van der Waals surface area contributed by atoms with Crippen LogP contribution in [0.15, 0.2) is 82.7 Å². The van der Waals surface area contributed by atoms with Gasteiger partial charge in [-0.1, -0.05) is 77.7 Å². The van der Waals surface area contributed by atoms with E-state index >= 15 is 0 Å². The van der Waals surface area contributed by atoms with Crippen LogP contribution in [-0.2, 0) is 17.2 Å². The zero-order chi connectivity index (χ0) is 23.4. The molecule has 0 saturated carbocycles. The molecule has 4 aromatic carbocycles. The van der Waals surface area contributed by atoms with E-state index in [2.05, 4.69) is 72.3 Å². The largest absolute Gasteiger partial charge is 0.333 e. The van der Waals surface area contributed by atoms with E-state index in [0.717, 1.165) is 31.4 Å². The molecule has 5 aromatic rings. The zero-order valence-corrected chi connectivity index (χ0v) is 20.8. The van der Waals surface area contributed by atoms with E-state index in [-0.39, 0.29) is 12.3 Å². The molecular formula is C26H21N2O3S3+. The predicted octanol–water partition coefficient (Wildman–Crippen LogP) is 5.83. The minimum absolute atomic E-state index is 0.177. The first kappa shape index (κ1) is 21.6. The fourth-order valence-electron chi connectivity index (χ4n) is 4.60. The molecule has 0 spiro atoms. The third kappa shape index (κ3) is 3.67. The van der Waals surface area contributed by atoms with Gasteiger partial charge in [0.2, 0.25) is 5.52 Å². The van der Waals surface area contributed by atoms with Crippen molar-refractivity contribution in [2.75, 3.05) is 17.2 Å². The summed E-state index contributed by atoms with van der Waals surface area (Å²) in [5.41, 5.74) is 2.18. The molecule has 0 atom stereocenters. The minimum atomic E-state index is -4.10. The van der Waals surface area contributed by atoms with Crippen molar-refractivity contribution >= 4 is 76.7 Å². The Balaban J connectivity index is 1.52. The van der Waals surface area contributed by atoms with Crippen LogP contribution in [0.1, 0.15) is 5.01 Å². The topological polar surface area (TPSA) is 61.5 Å². The van der Waals surface area contributed by atoms with Crippen molar-refractivity contribution in [2.24, 2.45) is 7.05 Å². The van der Waals surface area contributed by atoms with Crippen LogP contribution in [0.4, 0.5) is 5.69 Å². The Labute approximate surface area is 205 Å². The fraction of sp³-hybridized carbons (Fsp3) is 0.115. The predicted molar refractivity (Wildman–Crippen MR) is 142 cm³/mol. The van der Waals surface area contributed by atoms with Gasteiger partial charge in [-0.3, -0.25) is 4.55 Å². The van der Waals surface area contributed by atoms with E-state index in [1.807, 2.05) is 23.1 Å². The van der Waals surface area contributed by atoms with E-state index < -0.39 is 10.1 Å². The van der Waals surface area contributed by atoms with Crippen LogP contribution < -0.4 is 9.47 Å². The summed E-state index contributed by atoms with van der Waals surface area (Å²) in [7, 11) is -2.03. The molecule has 0 unspecified atom stereocenters. The maximum atomic E-state index is 11.6. The SMILES string of the molecule is C[n+]1c(C=C2Sc3ccc4ccccc4c3N2CCS(=O)(=O)O)sc2ccc3ccccc3c21. The van der Waals surface area contributed by atoms with E-state index in [4.69, 9.17) is 0 Å². The lowest BCUT2D eigenvalue weighted by molar-refractivity contribution is -0.641. The van der Waals surface area contributed by atoms with Crippen molar-refractivity contribution in [2.45, 2.75) is 4.90 Å². The Morgan fingerprint density at radius 3 is 2.38 bits per heavy atom. The maximum absolute atomic E-state index is 11.6. The highest BCUT2D eigenvalue weighted by Gasteiger charge is 2.30. The first-order valence-electron chi connectivity index (χ1n) is 10.8. The molecule has 0 bridgehead atoms. The van der Waals surface area contributed by atoms with Gasteiger partial charge in [-0.25, -0.2) is 0 Å². The molecule has 0 saturated heterocycles. The lowest BCUT2D eigenvalue weighted by Gasteiger charge is -2.21. The molecule has 1 aliphatic rings. The number of anilines is 1. The van der Waals surface area contributed by atoms with Gasteiger partial charge in [0.25, 0.3) is 15.1 Å². The molecule has 170 valence electrons. The molecule has 1 aliphatic heterocycles. The summed E-state index contributed by atoms with van der Waals surface area (Å²) in [5.74, 6) is -0.337. The summed E-state index contributed by atoms with van der Waals surface area (Å²) in [6, 6.07) is 25.0. The number of thioether (sulfide) groups is 1. The Bertz CT molecular complexity index is 1740. The summed E-state index contributed by atoms with van der Waals surface area (Å²) in [5, 5.41) is 6.59. The number of nitrogens with zero attached hydrogens (tertiary/aromatic N) is 2. The van der Waals surface area contributed by atoms with Crippen LogP contribution in [-0.4, -0.2) is 25.3 Å². The molecule has 0 radical (unpaired) electrons. The molecule has 0 amide bonds. The van der Waals surface area contributed by atoms with Crippen LogP contribution in [0.3, 0.4) is 0 Å². The molecule has 6 rings (SSSR count). The van der Waals surface area contributed by atoms with Crippen LogP contribution in [0.2, 0.25) is 0 Å². The summed E-state index contributed by atoms with van der Waals surface area (Å²) in [4.78, 5) is 3.10. The lowest BCUT2D eigenvalue weighted by atomic mass is 10.1. The van der Waals surface area contributed by atoms with Gasteiger partial charge in [0, 0.05) is 16.8 Å². The smallest absolute Gasteiger partial charge is 0.266 e. The normalized spacial score (nSPS) is 15.1. The number of aromatic nitrogens is 1. The lowest BCUT2D eigenvalue weighted by Crippen LogP contribution is -2.30. The van der Waals surface area contributed by atoms with Crippen molar-refractivity contribution in [1.29, 1.82) is 0 Å². The molecular weight excluding hydrogens is 484 g/mol. The molecule has 34 heavy (non-hydrogen) atoms. The molecule has 0 aliphatic carbocycles. The van der Waals surface area contributed by atoms with Crippen molar-refractivity contribution in [3.05, 3.63) is 82.8 Å². The van der Waals surface area contributed by atoms with E-state index in [1.165, 1.54) is 21.0 Å². The molecule has 8 heteroatoms. The Morgan fingerprint density at radius 2 is 1.62 bits per heavy atom. The van der Waals surface area contributed by atoms with Crippen molar-refractivity contribution in [3.63, 3.8) is 0 Å². The van der Waals surface area contributed by atoms with E-state index in [9.17, 15) is 13.0 Å². The Hall–Kier alpha value is -2.91. The molecule has 2 heterocycles. The highest BCUT2D eigenvalue weighted by molar-refractivity contribution is 8.04. The van der Waals surface area contributed by atoms with Gasteiger partial charge in [0.1, 0.15) is 11.7 Å². The second kappa shape index (κ2) is 8.09. The molecule has 0 fully saturated rings. The number of thiazole rings is 1. The standard InChI is InChI=1S/C26H20N2O3S3/c1-27-23(32-21-12-10-17-6-2-4-8-19(17)25(21)27)16-24-28(14-15-34(29,30)31)26-20-9-5-3-7-18(20)11-13-22(26)33-24/h2-13,16H,14-15H2,1H3/p+1. The van der Waals surface area contributed by atoms with E-state index in [0.29, 0.717) is 0 Å². The van der Waals surface area contributed by atoms with Gasteiger partial charge in [-0.05, 0) is 29.0 Å². The highest BCUT2D eigenvalue weighted by Crippen LogP contribution is 2.50. The number of rotatable bonds is 4. The van der Waals surface area contributed by atoms with Crippen LogP contribution in [0.25, 0.3) is 37.8 Å². The molecule has 1 N–H and O–H groups in total. The highest BCUT2D eigenvalue weighted by atomic mass is 32.2. The van der Waals surface area contributed by atoms with Crippen molar-refractivity contribution in [3.8, 4) is 0 Å². The van der Waals surface area contributed by atoms with Gasteiger partial charge in [-0.2, -0.15) is 13.0 Å². The second-order valence-corrected chi connectivity index (χ2v) is 12.0. The maximum Gasteiger partial charge on any atom is 0.266 e. The monoisotopic (exact) mass is 505 g/mol.